The Morgan fingerprint density at radius 3 is 2.61 bits per heavy atom. The highest BCUT2D eigenvalue weighted by atomic mass is 16.5. The summed E-state index contributed by atoms with van der Waals surface area (Å²) in [4.78, 5) is 18.1. The molecule has 1 aromatic heterocycles. The summed E-state index contributed by atoms with van der Waals surface area (Å²) in [5, 5.41) is 8.86. The molecule has 18 heavy (non-hydrogen) atoms. The summed E-state index contributed by atoms with van der Waals surface area (Å²) in [7, 11) is 1.60. The van der Waals surface area contributed by atoms with Crippen LogP contribution in [0, 0.1) is 6.92 Å². The second-order valence-electron chi connectivity index (χ2n) is 3.95. The first-order chi connectivity index (χ1) is 8.60. The zero-order valence-electron chi connectivity index (χ0n) is 10.2. The van der Waals surface area contributed by atoms with Crippen molar-refractivity contribution in [3.05, 3.63) is 35.8 Å². The third-order valence-corrected chi connectivity index (χ3v) is 2.59. The molecule has 0 saturated carbocycles. The van der Waals surface area contributed by atoms with Crippen LogP contribution in [0.1, 0.15) is 11.5 Å². The molecule has 0 fully saturated rings. The summed E-state index contributed by atoms with van der Waals surface area (Å²) in [6.07, 6.45) is -0.0673. The number of rotatable bonds is 4. The number of aromatic nitrogens is 2. The van der Waals surface area contributed by atoms with Crippen LogP contribution in [0.4, 0.5) is 0 Å². The lowest BCUT2D eigenvalue weighted by molar-refractivity contribution is -0.136. The number of hydrogen-bond acceptors (Lipinski definition) is 3. The zero-order chi connectivity index (χ0) is 13.1. The number of H-pyrrole nitrogens is 1. The molecule has 2 rings (SSSR count). The Kier molecular flexibility index (Phi) is 3.32. The smallest absolute Gasteiger partial charge is 0.309 e. The van der Waals surface area contributed by atoms with Crippen LogP contribution in [0.2, 0.25) is 0 Å². The second kappa shape index (κ2) is 4.91. The van der Waals surface area contributed by atoms with Crippen molar-refractivity contribution in [2.75, 3.05) is 7.11 Å². The molecule has 2 aromatic rings. The molecule has 0 radical (unpaired) electrons. The van der Waals surface area contributed by atoms with Gasteiger partial charge in [-0.2, -0.15) is 0 Å². The van der Waals surface area contributed by atoms with Gasteiger partial charge in [-0.25, -0.2) is 4.98 Å². The van der Waals surface area contributed by atoms with Crippen LogP contribution in [0.15, 0.2) is 24.3 Å². The van der Waals surface area contributed by atoms with Crippen LogP contribution in [0.25, 0.3) is 11.3 Å². The number of aliphatic carboxylic acids is 1. The fourth-order valence-electron chi connectivity index (χ4n) is 1.81. The van der Waals surface area contributed by atoms with Gasteiger partial charge in [0.15, 0.2) is 0 Å². The van der Waals surface area contributed by atoms with Gasteiger partial charge in [0, 0.05) is 5.56 Å². The Morgan fingerprint density at radius 1 is 1.39 bits per heavy atom. The summed E-state index contributed by atoms with van der Waals surface area (Å²) in [5.41, 5.74) is 2.17. The Morgan fingerprint density at radius 2 is 2.06 bits per heavy atom. The molecule has 0 spiro atoms. The molecule has 1 heterocycles. The number of aromatic amines is 1. The number of benzene rings is 1. The van der Waals surface area contributed by atoms with Crippen molar-refractivity contribution >= 4 is 5.97 Å². The molecule has 0 bridgehead atoms. The SMILES string of the molecule is COc1ccc(-c2nc(C)[nH]c2CC(=O)O)cc1. The van der Waals surface area contributed by atoms with Crippen LogP contribution in [-0.2, 0) is 11.2 Å². The van der Waals surface area contributed by atoms with E-state index in [1.807, 2.05) is 24.3 Å². The largest absolute Gasteiger partial charge is 0.497 e. The Labute approximate surface area is 104 Å². The number of carboxylic acid groups (broad SMARTS) is 1. The summed E-state index contributed by atoms with van der Waals surface area (Å²) in [6.45, 7) is 1.80. The number of aryl methyl sites for hydroxylation is 1. The molecule has 0 amide bonds. The number of carboxylic acids is 1. The van der Waals surface area contributed by atoms with Gasteiger partial charge in [0.05, 0.1) is 24.9 Å². The van der Waals surface area contributed by atoms with Crippen molar-refractivity contribution in [3.8, 4) is 17.0 Å². The molecule has 0 atom stereocenters. The summed E-state index contributed by atoms with van der Waals surface area (Å²) >= 11 is 0. The van der Waals surface area contributed by atoms with Crippen LogP contribution in [0.5, 0.6) is 5.75 Å². The average Bonchev–Trinajstić information content (AvgIpc) is 2.69. The monoisotopic (exact) mass is 246 g/mol. The maximum atomic E-state index is 10.8. The Balaban J connectivity index is 2.39. The van der Waals surface area contributed by atoms with Crippen molar-refractivity contribution in [1.29, 1.82) is 0 Å². The van der Waals surface area contributed by atoms with E-state index in [0.29, 0.717) is 17.2 Å². The molecule has 0 aliphatic heterocycles. The second-order valence-corrected chi connectivity index (χ2v) is 3.95. The molecular formula is C13H14N2O3. The quantitative estimate of drug-likeness (QED) is 0.865. The minimum Gasteiger partial charge on any atom is -0.497 e. The fourth-order valence-corrected chi connectivity index (χ4v) is 1.81. The molecule has 0 saturated heterocycles. The maximum Gasteiger partial charge on any atom is 0.309 e. The first-order valence-electron chi connectivity index (χ1n) is 5.52. The molecule has 0 aliphatic rings. The lowest BCUT2D eigenvalue weighted by atomic mass is 10.1. The van der Waals surface area contributed by atoms with E-state index >= 15 is 0 Å². The van der Waals surface area contributed by atoms with E-state index in [2.05, 4.69) is 9.97 Å². The molecule has 0 aliphatic carbocycles. The van der Waals surface area contributed by atoms with Gasteiger partial charge in [0.25, 0.3) is 0 Å². The standard InChI is InChI=1S/C13H14N2O3/c1-8-14-11(7-12(16)17)13(15-8)9-3-5-10(18-2)6-4-9/h3-6H,7H2,1-2H3,(H,14,15)(H,16,17). The average molecular weight is 246 g/mol. The van der Waals surface area contributed by atoms with E-state index in [4.69, 9.17) is 9.84 Å². The van der Waals surface area contributed by atoms with Gasteiger partial charge in [-0.1, -0.05) is 0 Å². The van der Waals surface area contributed by atoms with Crippen LogP contribution >= 0.6 is 0 Å². The number of carbonyl (C=O) groups is 1. The van der Waals surface area contributed by atoms with Crippen molar-refractivity contribution in [2.45, 2.75) is 13.3 Å². The van der Waals surface area contributed by atoms with Crippen molar-refractivity contribution in [2.24, 2.45) is 0 Å². The van der Waals surface area contributed by atoms with Gasteiger partial charge in [-0.3, -0.25) is 4.79 Å². The van der Waals surface area contributed by atoms with Crippen LogP contribution in [-0.4, -0.2) is 28.2 Å². The Hall–Kier alpha value is -2.30. The van der Waals surface area contributed by atoms with Crippen molar-refractivity contribution < 1.29 is 14.6 Å². The van der Waals surface area contributed by atoms with Crippen molar-refractivity contribution in [3.63, 3.8) is 0 Å². The number of methoxy groups -OCH3 is 1. The topological polar surface area (TPSA) is 75.2 Å². The molecule has 5 nitrogen and oxygen atoms in total. The normalized spacial score (nSPS) is 10.3. The summed E-state index contributed by atoms with van der Waals surface area (Å²) in [5.74, 6) is 0.580. The number of ether oxygens (including phenoxy) is 1. The lowest BCUT2D eigenvalue weighted by Gasteiger charge is -2.03. The third-order valence-electron chi connectivity index (χ3n) is 2.59. The zero-order valence-corrected chi connectivity index (χ0v) is 10.2. The van der Waals surface area contributed by atoms with Gasteiger partial charge >= 0.3 is 5.97 Å². The highest BCUT2D eigenvalue weighted by molar-refractivity contribution is 5.74. The van der Waals surface area contributed by atoms with E-state index in [1.165, 1.54) is 0 Å². The van der Waals surface area contributed by atoms with Crippen LogP contribution in [0.3, 0.4) is 0 Å². The van der Waals surface area contributed by atoms with Gasteiger partial charge in [-0.15, -0.1) is 0 Å². The third kappa shape index (κ3) is 2.51. The number of nitrogens with one attached hydrogen (secondary N) is 1. The highest BCUT2D eigenvalue weighted by Crippen LogP contribution is 2.24. The van der Waals surface area contributed by atoms with E-state index in [9.17, 15) is 4.79 Å². The minimum atomic E-state index is -0.881. The summed E-state index contributed by atoms with van der Waals surface area (Å²) < 4.78 is 5.08. The molecule has 5 heteroatoms. The summed E-state index contributed by atoms with van der Waals surface area (Å²) in [6, 6.07) is 7.37. The first-order valence-corrected chi connectivity index (χ1v) is 5.52. The highest BCUT2D eigenvalue weighted by Gasteiger charge is 2.13. The van der Waals surface area contributed by atoms with Gasteiger partial charge in [0.2, 0.25) is 0 Å². The molecular weight excluding hydrogens is 232 g/mol. The van der Waals surface area contributed by atoms with E-state index in [1.54, 1.807) is 14.0 Å². The van der Waals surface area contributed by atoms with E-state index in [0.717, 1.165) is 11.3 Å². The van der Waals surface area contributed by atoms with E-state index in [-0.39, 0.29) is 6.42 Å². The van der Waals surface area contributed by atoms with Crippen molar-refractivity contribution in [1.82, 2.24) is 9.97 Å². The predicted octanol–water partition coefficient (Wildman–Crippen LogP) is 2.02. The molecule has 2 N–H and O–H groups in total. The number of imidazole rings is 1. The van der Waals surface area contributed by atoms with Gasteiger partial charge < -0.3 is 14.8 Å². The van der Waals surface area contributed by atoms with E-state index < -0.39 is 5.97 Å². The fraction of sp³-hybridized carbons (Fsp3) is 0.231. The first kappa shape index (κ1) is 12.2. The van der Waals surface area contributed by atoms with Gasteiger partial charge in [0.1, 0.15) is 11.6 Å². The molecule has 94 valence electrons. The number of nitrogens with zero attached hydrogens (tertiary/aromatic N) is 1. The maximum absolute atomic E-state index is 10.8. The number of hydrogen-bond donors (Lipinski definition) is 2. The molecule has 0 unspecified atom stereocenters. The molecule has 1 aromatic carbocycles. The Bertz CT molecular complexity index is 558. The predicted molar refractivity (Wildman–Crippen MR) is 66.7 cm³/mol. The minimum absolute atomic E-state index is 0.0673. The van der Waals surface area contributed by atoms with Crippen LogP contribution < -0.4 is 4.74 Å². The lowest BCUT2D eigenvalue weighted by Crippen LogP contribution is -2.01. The van der Waals surface area contributed by atoms with Gasteiger partial charge in [-0.05, 0) is 31.2 Å².